The van der Waals surface area contributed by atoms with E-state index in [1.165, 1.54) is 22.8 Å². The molecule has 194 valence electrons. The summed E-state index contributed by atoms with van der Waals surface area (Å²) < 4.78 is 34.3. The van der Waals surface area contributed by atoms with Crippen molar-refractivity contribution in [3.8, 4) is 5.75 Å². The number of amides is 2. The fraction of sp³-hybridized carbons (Fsp3) is 0.333. The van der Waals surface area contributed by atoms with Crippen LogP contribution in [0.4, 0.5) is 8.78 Å². The van der Waals surface area contributed by atoms with Crippen molar-refractivity contribution in [2.24, 2.45) is 5.16 Å². The molecule has 1 aromatic carbocycles. The van der Waals surface area contributed by atoms with Gasteiger partial charge in [0.15, 0.2) is 17.0 Å². The molecule has 2 aromatic rings. The van der Waals surface area contributed by atoms with E-state index >= 15 is 0 Å². The molecule has 2 N–H and O–H groups in total. The van der Waals surface area contributed by atoms with Crippen LogP contribution in [0.2, 0.25) is 5.02 Å². The lowest BCUT2D eigenvalue weighted by Gasteiger charge is -2.41. The highest BCUT2D eigenvalue weighted by Crippen LogP contribution is 2.43. The predicted molar refractivity (Wildman–Crippen MR) is 126 cm³/mol. The first-order chi connectivity index (χ1) is 17.6. The third-order valence-electron chi connectivity index (χ3n) is 6.87. The zero-order valence-electron chi connectivity index (χ0n) is 19.6. The highest BCUT2D eigenvalue weighted by atomic mass is 35.5. The molecule has 0 fully saturated rings. The summed E-state index contributed by atoms with van der Waals surface area (Å²) in [6.45, 7) is 1.50. The van der Waals surface area contributed by atoms with Gasteiger partial charge in [-0.1, -0.05) is 28.9 Å². The maximum atomic E-state index is 14.3. The predicted octanol–water partition coefficient (Wildman–Crippen LogP) is 2.49. The maximum Gasteiger partial charge on any atom is 0.275 e. The van der Waals surface area contributed by atoms with Crippen molar-refractivity contribution in [3.05, 3.63) is 74.2 Å². The van der Waals surface area contributed by atoms with E-state index in [0.29, 0.717) is 5.90 Å². The number of carbonyl (C=O) groups is 2. The van der Waals surface area contributed by atoms with Crippen LogP contribution in [0.25, 0.3) is 0 Å². The van der Waals surface area contributed by atoms with Crippen LogP contribution in [0.5, 0.6) is 5.75 Å². The van der Waals surface area contributed by atoms with Gasteiger partial charge in [0.25, 0.3) is 11.8 Å². The lowest BCUT2D eigenvalue weighted by atomic mass is 9.88. The van der Waals surface area contributed by atoms with E-state index in [9.17, 15) is 28.3 Å². The number of pyridine rings is 1. The molecule has 37 heavy (non-hydrogen) atoms. The first-order valence-electron chi connectivity index (χ1n) is 11.3. The molecule has 2 bridgehead atoms. The molecule has 5 rings (SSSR count). The minimum Gasteiger partial charge on any atom is -0.503 e. The lowest BCUT2D eigenvalue weighted by molar-refractivity contribution is -0.0316. The summed E-state index contributed by atoms with van der Waals surface area (Å²) in [5, 5.41) is 16.4. The van der Waals surface area contributed by atoms with Crippen LogP contribution in [0.15, 0.2) is 40.4 Å². The van der Waals surface area contributed by atoms with Crippen LogP contribution in [-0.2, 0) is 16.1 Å². The number of aromatic hydroxyl groups is 1. The van der Waals surface area contributed by atoms with Gasteiger partial charge in [-0.3, -0.25) is 14.4 Å². The largest absolute Gasteiger partial charge is 0.503 e. The summed E-state index contributed by atoms with van der Waals surface area (Å²) >= 11 is 5.59. The lowest BCUT2D eigenvalue weighted by Crippen LogP contribution is -2.52. The minimum atomic E-state index is -1.12. The first-order valence-corrected chi connectivity index (χ1v) is 11.6. The number of halogens is 3. The Balaban J connectivity index is 1.55. The van der Waals surface area contributed by atoms with Crippen molar-refractivity contribution >= 4 is 29.3 Å². The summed E-state index contributed by atoms with van der Waals surface area (Å²) in [5.74, 6) is -4.14. The molecule has 3 atom stereocenters. The Morgan fingerprint density at radius 3 is 2.84 bits per heavy atom. The smallest absolute Gasteiger partial charge is 0.275 e. The summed E-state index contributed by atoms with van der Waals surface area (Å²) in [6, 6.07) is 0.980. The third-order valence-corrected chi connectivity index (χ3v) is 7.22. The van der Waals surface area contributed by atoms with Crippen molar-refractivity contribution in [1.29, 1.82) is 0 Å². The quantitative estimate of drug-likeness (QED) is 0.461. The van der Waals surface area contributed by atoms with Crippen LogP contribution in [0.1, 0.15) is 45.8 Å². The second kappa shape index (κ2) is 8.87. The zero-order chi connectivity index (χ0) is 26.6. The van der Waals surface area contributed by atoms with E-state index in [1.54, 1.807) is 19.1 Å². The molecule has 1 aromatic heterocycles. The third kappa shape index (κ3) is 3.82. The first kappa shape index (κ1) is 24.8. The van der Waals surface area contributed by atoms with Crippen LogP contribution < -0.4 is 10.7 Å². The number of benzene rings is 1. The second-order valence-corrected chi connectivity index (χ2v) is 9.36. The zero-order valence-corrected chi connectivity index (χ0v) is 20.4. The number of rotatable bonds is 3. The second-order valence-electron chi connectivity index (χ2n) is 8.98. The van der Waals surface area contributed by atoms with E-state index in [-0.39, 0.29) is 30.3 Å². The summed E-state index contributed by atoms with van der Waals surface area (Å²) in [5.41, 5.74) is -3.09. The van der Waals surface area contributed by atoms with Gasteiger partial charge in [-0.15, -0.1) is 0 Å². The van der Waals surface area contributed by atoms with Gasteiger partial charge in [-0.2, -0.15) is 0 Å². The topological polar surface area (TPSA) is 122 Å². The summed E-state index contributed by atoms with van der Waals surface area (Å²) in [7, 11) is 1.44. The molecule has 0 saturated carbocycles. The Hall–Kier alpha value is -3.93. The van der Waals surface area contributed by atoms with E-state index in [0.717, 1.165) is 12.1 Å². The van der Waals surface area contributed by atoms with Crippen molar-refractivity contribution in [3.63, 3.8) is 0 Å². The molecule has 10 nitrogen and oxygen atoms in total. The van der Waals surface area contributed by atoms with Crippen LogP contribution >= 0.6 is 11.6 Å². The average molecular weight is 535 g/mol. The van der Waals surface area contributed by atoms with Gasteiger partial charge in [-0.25, -0.2) is 8.78 Å². The Bertz CT molecular complexity index is 1460. The van der Waals surface area contributed by atoms with Gasteiger partial charge in [0.2, 0.25) is 11.3 Å². The Kier molecular flexibility index (Phi) is 5.94. The number of nitrogens with one attached hydrogen (secondary N) is 1. The fourth-order valence-electron chi connectivity index (χ4n) is 4.78. The Morgan fingerprint density at radius 2 is 2.14 bits per heavy atom. The molecule has 2 amide bonds. The minimum absolute atomic E-state index is 0.113. The van der Waals surface area contributed by atoms with E-state index in [2.05, 4.69) is 10.5 Å². The van der Waals surface area contributed by atoms with Crippen molar-refractivity contribution in [2.45, 2.75) is 37.6 Å². The van der Waals surface area contributed by atoms with E-state index in [4.69, 9.17) is 21.2 Å². The Labute approximate surface area is 213 Å². The van der Waals surface area contributed by atoms with Gasteiger partial charge in [0, 0.05) is 30.9 Å². The van der Waals surface area contributed by atoms with Gasteiger partial charge < -0.3 is 29.5 Å². The average Bonchev–Trinajstić information content (AvgIpc) is 3.26. The number of carbonyl (C=O) groups excluding carboxylic acids is 2. The monoisotopic (exact) mass is 534 g/mol. The molecule has 3 aliphatic heterocycles. The van der Waals surface area contributed by atoms with Crippen molar-refractivity contribution in [2.75, 3.05) is 13.7 Å². The number of methoxy groups -OCH3 is 1. The van der Waals surface area contributed by atoms with Gasteiger partial charge in [0.1, 0.15) is 22.2 Å². The molecule has 3 unspecified atom stereocenters. The molecule has 3 aliphatic rings. The molecule has 0 aliphatic carbocycles. The highest BCUT2D eigenvalue weighted by molar-refractivity contribution is 6.30. The van der Waals surface area contributed by atoms with E-state index < -0.39 is 63.4 Å². The van der Waals surface area contributed by atoms with Crippen LogP contribution in [-0.4, -0.2) is 57.6 Å². The Morgan fingerprint density at radius 1 is 1.38 bits per heavy atom. The van der Waals surface area contributed by atoms with Crippen molar-refractivity contribution < 1.29 is 33.1 Å². The molecule has 0 saturated heterocycles. The number of hydrogen-bond donors (Lipinski definition) is 2. The summed E-state index contributed by atoms with van der Waals surface area (Å²) in [6.07, 6.45) is 4.90. The van der Waals surface area contributed by atoms with Gasteiger partial charge in [0.05, 0.1) is 19.6 Å². The molecule has 1 spiro atoms. The molecular weight excluding hydrogens is 514 g/mol. The SMILES string of the molecule is COC1=NOC2(C=CC(C)N3CC2n2cc(C(=O)NCc4ccc(F)c(Cl)c4F)c(=O)c(O)c2C3=O)C1. The number of nitrogens with zero attached hydrogens (tertiary/aromatic N) is 3. The van der Waals surface area contributed by atoms with Crippen LogP contribution in [0.3, 0.4) is 0 Å². The van der Waals surface area contributed by atoms with Crippen LogP contribution in [0, 0.1) is 11.6 Å². The van der Waals surface area contributed by atoms with E-state index in [1.807, 2.05) is 0 Å². The maximum absolute atomic E-state index is 14.3. The standard InChI is InChI=1S/C24H21ClF2N4O6/c1-11-5-6-24(7-16(36-2)29-37-24)15-10-30(11)23(35)19-21(33)20(32)13(9-31(15)19)22(34)28-8-12-3-4-14(26)17(25)18(12)27/h3-6,9,11,15,33H,7-8,10H2,1-2H3,(H,28,34). The number of fused-ring (bicyclic) bond motifs is 5. The fourth-order valence-corrected chi connectivity index (χ4v) is 4.96. The normalized spacial score (nSPS) is 23.9. The number of aromatic nitrogens is 1. The number of ether oxygens (including phenoxy) is 1. The molecular formula is C24H21ClF2N4O6. The van der Waals surface area contributed by atoms with Gasteiger partial charge in [-0.05, 0) is 19.1 Å². The molecule has 0 radical (unpaired) electrons. The van der Waals surface area contributed by atoms with Crippen molar-refractivity contribution in [1.82, 2.24) is 14.8 Å². The van der Waals surface area contributed by atoms with Gasteiger partial charge >= 0.3 is 0 Å². The molecule has 13 heteroatoms. The number of oxime groups is 1. The highest BCUT2D eigenvalue weighted by Gasteiger charge is 2.53. The molecule has 4 heterocycles. The summed E-state index contributed by atoms with van der Waals surface area (Å²) in [4.78, 5) is 46.5. The number of hydrogen-bond acceptors (Lipinski definition) is 7.